The molecule has 1 unspecified atom stereocenters. The molecule has 0 aliphatic carbocycles. The fourth-order valence-electron chi connectivity index (χ4n) is 1.07. The summed E-state index contributed by atoms with van der Waals surface area (Å²) in [5.74, 6) is 5.38. The number of ether oxygens (including phenoxy) is 1. The Labute approximate surface area is 90.4 Å². The van der Waals surface area contributed by atoms with E-state index in [0.29, 0.717) is 6.61 Å². The van der Waals surface area contributed by atoms with E-state index in [2.05, 4.69) is 32.8 Å². The zero-order valence-electron chi connectivity index (χ0n) is 7.42. The predicted molar refractivity (Wildman–Crippen MR) is 58.7 cm³/mol. The Bertz CT molecular complexity index is 254. The Balaban J connectivity index is 2.46. The molecule has 3 N–H and O–H groups in total. The quantitative estimate of drug-likeness (QED) is 0.627. The molecular formula is C8H13BrN2OS. The number of hydrazine groups is 1. The Kier molecular flexibility index (Phi) is 4.90. The SMILES string of the molecule is COCC(Cc1cc(Br)cs1)NN. The summed E-state index contributed by atoms with van der Waals surface area (Å²) in [5.41, 5.74) is 2.73. The highest BCUT2D eigenvalue weighted by atomic mass is 79.9. The summed E-state index contributed by atoms with van der Waals surface area (Å²) in [6, 6.07) is 2.29. The topological polar surface area (TPSA) is 47.3 Å². The maximum Gasteiger partial charge on any atom is 0.0632 e. The van der Waals surface area contributed by atoms with Crippen LogP contribution < -0.4 is 11.3 Å². The number of methoxy groups -OCH3 is 1. The third-order valence-electron chi connectivity index (χ3n) is 1.67. The summed E-state index contributed by atoms with van der Waals surface area (Å²) in [6.07, 6.45) is 0.903. The van der Waals surface area contributed by atoms with Crippen molar-refractivity contribution in [2.24, 2.45) is 5.84 Å². The second-order valence-corrected chi connectivity index (χ2v) is 4.67. The van der Waals surface area contributed by atoms with Crippen molar-refractivity contribution in [1.29, 1.82) is 0 Å². The minimum absolute atomic E-state index is 0.190. The van der Waals surface area contributed by atoms with Gasteiger partial charge in [0, 0.05) is 34.3 Å². The van der Waals surface area contributed by atoms with Crippen molar-refractivity contribution in [3.05, 3.63) is 20.8 Å². The highest BCUT2D eigenvalue weighted by molar-refractivity contribution is 9.10. The highest BCUT2D eigenvalue weighted by Gasteiger charge is 2.08. The molecule has 1 heterocycles. The number of hydrogen-bond donors (Lipinski definition) is 2. The fourth-order valence-corrected chi connectivity index (χ4v) is 2.60. The Morgan fingerprint density at radius 2 is 2.54 bits per heavy atom. The summed E-state index contributed by atoms with van der Waals surface area (Å²) in [5, 5.41) is 2.07. The smallest absolute Gasteiger partial charge is 0.0632 e. The fraction of sp³-hybridized carbons (Fsp3) is 0.500. The number of thiophene rings is 1. The zero-order valence-corrected chi connectivity index (χ0v) is 9.82. The van der Waals surface area contributed by atoms with Crippen LogP contribution in [-0.4, -0.2) is 19.8 Å². The summed E-state index contributed by atoms with van der Waals surface area (Å²) in [6.45, 7) is 0.631. The summed E-state index contributed by atoms with van der Waals surface area (Å²) in [4.78, 5) is 1.30. The van der Waals surface area contributed by atoms with Crippen molar-refractivity contribution >= 4 is 27.3 Å². The molecule has 0 bridgehead atoms. The largest absolute Gasteiger partial charge is 0.383 e. The van der Waals surface area contributed by atoms with Gasteiger partial charge < -0.3 is 4.74 Å². The summed E-state index contributed by atoms with van der Waals surface area (Å²) >= 11 is 5.13. The Hall–Kier alpha value is 0.0600. The van der Waals surface area contributed by atoms with E-state index in [1.165, 1.54) is 4.88 Å². The minimum Gasteiger partial charge on any atom is -0.383 e. The lowest BCUT2D eigenvalue weighted by Gasteiger charge is -2.12. The molecule has 0 saturated carbocycles. The first kappa shape index (κ1) is 11.1. The van der Waals surface area contributed by atoms with Crippen LogP contribution in [0.5, 0.6) is 0 Å². The van der Waals surface area contributed by atoms with Gasteiger partial charge in [-0.15, -0.1) is 11.3 Å². The van der Waals surface area contributed by atoms with Gasteiger partial charge in [-0.05, 0) is 22.0 Å². The van der Waals surface area contributed by atoms with E-state index in [4.69, 9.17) is 10.6 Å². The van der Waals surface area contributed by atoms with E-state index >= 15 is 0 Å². The number of nitrogens with two attached hydrogens (primary N) is 1. The standard InChI is InChI=1S/C8H13BrN2OS/c1-12-4-7(11-10)3-8-2-6(9)5-13-8/h2,5,7,11H,3-4,10H2,1H3. The van der Waals surface area contributed by atoms with Crippen molar-refractivity contribution in [3.8, 4) is 0 Å². The van der Waals surface area contributed by atoms with Crippen LogP contribution in [-0.2, 0) is 11.2 Å². The Morgan fingerprint density at radius 1 is 1.77 bits per heavy atom. The van der Waals surface area contributed by atoms with E-state index in [9.17, 15) is 0 Å². The first-order valence-electron chi connectivity index (χ1n) is 3.94. The molecule has 0 aliphatic heterocycles. The predicted octanol–water partition coefficient (Wildman–Crippen LogP) is 1.53. The molecule has 0 saturated heterocycles. The van der Waals surface area contributed by atoms with Gasteiger partial charge >= 0.3 is 0 Å². The van der Waals surface area contributed by atoms with Crippen molar-refractivity contribution in [2.45, 2.75) is 12.5 Å². The molecule has 13 heavy (non-hydrogen) atoms. The average Bonchev–Trinajstić information content (AvgIpc) is 2.50. The van der Waals surface area contributed by atoms with Crippen LogP contribution in [0.25, 0.3) is 0 Å². The normalized spacial score (nSPS) is 13.2. The van der Waals surface area contributed by atoms with Crippen LogP contribution in [0.4, 0.5) is 0 Å². The summed E-state index contributed by atoms with van der Waals surface area (Å²) in [7, 11) is 1.68. The van der Waals surface area contributed by atoms with Crippen molar-refractivity contribution in [1.82, 2.24) is 5.43 Å². The molecule has 0 amide bonds. The lowest BCUT2D eigenvalue weighted by atomic mass is 10.2. The Morgan fingerprint density at radius 3 is 3.00 bits per heavy atom. The van der Waals surface area contributed by atoms with Crippen molar-refractivity contribution < 1.29 is 4.74 Å². The van der Waals surface area contributed by atoms with E-state index in [1.807, 2.05) is 0 Å². The van der Waals surface area contributed by atoms with Crippen LogP contribution in [0.15, 0.2) is 15.9 Å². The maximum absolute atomic E-state index is 5.38. The maximum atomic E-state index is 5.38. The lowest BCUT2D eigenvalue weighted by Crippen LogP contribution is -2.39. The third kappa shape index (κ3) is 3.74. The van der Waals surface area contributed by atoms with Gasteiger partial charge in [-0.3, -0.25) is 11.3 Å². The first-order valence-corrected chi connectivity index (χ1v) is 5.61. The van der Waals surface area contributed by atoms with Crippen LogP contribution in [0.3, 0.4) is 0 Å². The number of nitrogens with one attached hydrogen (secondary N) is 1. The number of rotatable bonds is 5. The molecule has 0 spiro atoms. The molecular weight excluding hydrogens is 252 g/mol. The molecule has 3 nitrogen and oxygen atoms in total. The highest BCUT2D eigenvalue weighted by Crippen LogP contribution is 2.20. The van der Waals surface area contributed by atoms with E-state index in [0.717, 1.165) is 10.9 Å². The first-order chi connectivity index (χ1) is 6.26. The molecule has 1 aromatic heterocycles. The van der Waals surface area contributed by atoms with Gasteiger partial charge in [0.2, 0.25) is 0 Å². The zero-order chi connectivity index (χ0) is 9.68. The average molecular weight is 265 g/mol. The van der Waals surface area contributed by atoms with Crippen molar-refractivity contribution in [2.75, 3.05) is 13.7 Å². The van der Waals surface area contributed by atoms with Gasteiger partial charge in [0.25, 0.3) is 0 Å². The van der Waals surface area contributed by atoms with E-state index in [-0.39, 0.29) is 6.04 Å². The monoisotopic (exact) mass is 264 g/mol. The molecule has 74 valence electrons. The molecule has 0 aliphatic rings. The van der Waals surface area contributed by atoms with Gasteiger partial charge in [0.15, 0.2) is 0 Å². The number of hydrogen-bond acceptors (Lipinski definition) is 4. The second-order valence-electron chi connectivity index (χ2n) is 2.75. The van der Waals surface area contributed by atoms with Gasteiger partial charge in [0.1, 0.15) is 0 Å². The van der Waals surface area contributed by atoms with Crippen LogP contribution in [0.1, 0.15) is 4.88 Å². The van der Waals surface area contributed by atoms with E-state index < -0.39 is 0 Å². The van der Waals surface area contributed by atoms with Crippen molar-refractivity contribution in [3.63, 3.8) is 0 Å². The molecule has 1 atom stereocenters. The van der Waals surface area contributed by atoms with Crippen LogP contribution in [0.2, 0.25) is 0 Å². The van der Waals surface area contributed by atoms with Gasteiger partial charge in [0.05, 0.1) is 6.61 Å². The van der Waals surface area contributed by atoms with Gasteiger partial charge in [-0.25, -0.2) is 0 Å². The molecule has 1 rings (SSSR count). The van der Waals surface area contributed by atoms with Crippen LogP contribution >= 0.6 is 27.3 Å². The van der Waals surface area contributed by atoms with Gasteiger partial charge in [-0.1, -0.05) is 0 Å². The molecule has 0 fully saturated rings. The molecule has 5 heteroatoms. The van der Waals surface area contributed by atoms with Gasteiger partial charge in [-0.2, -0.15) is 0 Å². The van der Waals surface area contributed by atoms with E-state index in [1.54, 1.807) is 18.4 Å². The number of halogens is 1. The lowest BCUT2D eigenvalue weighted by molar-refractivity contribution is 0.166. The molecule has 1 aromatic rings. The second kappa shape index (κ2) is 5.72. The summed E-state index contributed by atoms with van der Waals surface area (Å²) < 4.78 is 6.15. The molecule has 0 radical (unpaired) electrons. The third-order valence-corrected chi connectivity index (χ3v) is 3.39. The van der Waals surface area contributed by atoms with Crippen LogP contribution in [0, 0.1) is 0 Å². The minimum atomic E-state index is 0.190. The molecule has 0 aromatic carbocycles.